The smallest absolute Gasteiger partial charge is 0.143 e. The van der Waals surface area contributed by atoms with Crippen molar-refractivity contribution < 1.29 is 9.84 Å². The molecule has 114 valence electrons. The van der Waals surface area contributed by atoms with Crippen LogP contribution in [0.15, 0.2) is 48.5 Å². The van der Waals surface area contributed by atoms with Gasteiger partial charge in [0, 0.05) is 6.04 Å². The molecule has 0 fully saturated rings. The highest BCUT2D eigenvalue weighted by molar-refractivity contribution is 5.76. The molecule has 0 aliphatic heterocycles. The molecule has 0 saturated heterocycles. The summed E-state index contributed by atoms with van der Waals surface area (Å²) >= 11 is 0. The Labute approximate surface area is 130 Å². The second kappa shape index (κ2) is 5.81. The van der Waals surface area contributed by atoms with E-state index < -0.39 is 6.10 Å². The lowest BCUT2D eigenvalue weighted by atomic mass is 10.1. The average Bonchev–Trinajstić information content (AvgIpc) is 2.93. The first-order valence-corrected chi connectivity index (χ1v) is 7.40. The van der Waals surface area contributed by atoms with Crippen LogP contribution in [0.3, 0.4) is 0 Å². The van der Waals surface area contributed by atoms with Crippen LogP contribution < -0.4 is 4.74 Å². The number of aromatic nitrogens is 2. The normalized spacial score (nSPS) is 12.8. The maximum Gasteiger partial charge on any atom is 0.143 e. The summed E-state index contributed by atoms with van der Waals surface area (Å²) in [5, 5.41) is 10.8. The number of hydrogen-bond donors (Lipinski definition) is 1. The van der Waals surface area contributed by atoms with Gasteiger partial charge in [0.2, 0.25) is 0 Å². The number of para-hydroxylation sites is 2. The summed E-state index contributed by atoms with van der Waals surface area (Å²) in [5.41, 5.74) is 2.71. The molecular formula is C18H20N2O2. The van der Waals surface area contributed by atoms with E-state index >= 15 is 0 Å². The fraction of sp³-hybridized carbons (Fsp3) is 0.278. The van der Waals surface area contributed by atoms with E-state index in [1.807, 2.05) is 48.5 Å². The molecule has 0 amide bonds. The maximum absolute atomic E-state index is 10.8. The van der Waals surface area contributed by atoms with Gasteiger partial charge in [0.1, 0.15) is 17.7 Å². The number of nitrogens with zero attached hydrogens (tertiary/aromatic N) is 2. The highest BCUT2D eigenvalue weighted by atomic mass is 16.5. The molecule has 4 heteroatoms. The molecule has 0 aliphatic rings. The summed E-state index contributed by atoms with van der Waals surface area (Å²) in [6.45, 7) is 4.19. The summed E-state index contributed by atoms with van der Waals surface area (Å²) in [6, 6.07) is 15.6. The average molecular weight is 296 g/mol. The Morgan fingerprint density at radius 1 is 1.09 bits per heavy atom. The first kappa shape index (κ1) is 14.6. The largest absolute Gasteiger partial charge is 0.497 e. The maximum atomic E-state index is 10.8. The fourth-order valence-electron chi connectivity index (χ4n) is 2.76. The second-order valence-electron chi connectivity index (χ2n) is 5.60. The van der Waals surface area contributed by atoms with Gasteiger partial charge < -0.3 is 14.4 Å². The topological polar surface area (TPSA) is 47.3 Å². The molecule has 1 atom stereocenters. The molecule has 3 rings (SSSR count). The van der Waals surface area contributed by atoms with Gasteiger partial charge >= 0.3 is 0 Å². The van der Waals surface area contributed by atoms with Crippen LogP contribution in [0.25, 0.3) is 11.0 Å². The van der Waals surface area contributed by atoms with Crippen LogP contribution in [0.5, 0.6) is 5.75 Å². The lowest BCUT2D eigenvalue weighted by molar-refractivity contribution is 0.203. The molecule has 2 aromatic carbocycles. The van der Waals surface area contributed by atoms with Crippen molar-refractivity contribution in [2.75, 3.05) is 7.11 Å². The molecule has 1 N–H and O–H groups in total. The van der Waals surface area contributed by atoms with Crippen LogP contribution in [-0.4, -0.2) is 21.8 Å². The number of methoxy groups -OCH3 is 1. The molecule has 1 heterocycles. The number of ether oxygens (including phenoxy) is 1. The SMILES string of the molecule is COc1cccc([C@@H](O)c2nc3ccccc3n2C(C)C)c1. The Bertz CT molecular complexity index is 793. The molecule has 0 saturated carbocycles. The predicted molar refractivity (Wildman–Crippen MR) is 87.2 cm³/mol. The molecule has 3 aromatic rings. The molecule has 0 unspecified atom stereocenters. The summed E-state index contributed by atoms with van der Waals surface area (Å²) < 4.78 is 7.32. The van der Waals surface area contributed by atoms with Crippen LogP contribution in [0, 0.1) is 0 Å². The number of aliphatic hydroxyl groups is 1. The third kappa shape index (κ3) is 2.46. The Morgan fingerprint density at radius 3 is 2.59 bits per heavy atom. The number of hydrogen-bond acceptors (Lipinski definition) is 3. The molecule has 4 nitrogen and oxygen atoms in total. The van der Waals surface area contributed by atoms with Gasteiger partial charge in [-0.25, -0.2) is 4.98 Å². The molecule has 0 aliphatic carbocycles. The van der Waals surface area contributed by atoms with Crippen LogP contribution >= 0.6 is 0 Å². The minimum atomic E-state index is -0.787. The monoisotopic (exact) mass is 296 g/mol. The summed E-state index contributed by atoms with van der Waals surface area (Å²) in [5.74, 6) is 1.38. The Morgan fingerprint density at radius 2 is 1.86 bits per heavy atom. The molecule has 0 spiro atoms. The zero-order chi connectivity index (χ0) is 15.7. The van der Waals surface area contributed by atoms with E-state index in [9.17, 15) is 5.11 Å². The van der Waals surface area contributed by atoms with Crippen LogP contribution in [0.2, 0.25) is 0 Å². The van der Waals surface area contributed by atoms with Gasteiger partial charge in [0.15, 0.2) is 0 Å². The lowest BCUT2D eigenvalue weighted by Gasteiger charge is -2.17. The Kier molecular flexibility index (Phi) is 3.86. The van der Waals surface area contributed by atoms with Crippen LogP contribution in [0.1, 0.15) is 37.4 Å². The third-order valence-electron chi connectivity index (χ3n) is 3.79. The quantitative estimate of drug-likeness (QED) is 0.798. The van der Waals surface area contributed by atoms with Crippen molar-refractivity contribution in [2.45, 2.75) is 26.0 Å². The number of aliphatic hydroxyl groups excluding tert-OH is 1. The molecular weight excluding hydrogens is 276 g/mol. The third-order valence-corrected chi connectivity index (χ3v) is 3.79. The van der Waals surface area contributed by atoms with Crippen LogP contribution in [0.4, 0.5) is 0 Å². The van der Waals surface area contributed by atoms with Gasteiger partial charge in [-0.2, -0.15) is 0 Å². The highest BCUT2D eigenvalue weighted by Gasteiger charge is 2.21. The van der Waals surface area contributed by atoms with Crippen molar-refractivity contribution in [3.63, 3.8) is 0 Å². The van der Waals surface area contributed by atoms with E-state index in [-0.39, 0.29) is 6.04 Å². The number of fused-ring (bicyclic) bond motifs is 1. The van der Waals surface area contributed by atoms with E-state index in [0.717, 1.165) is 22.3 Å². The fourth-order valence-corrected chi connectivity index (χ4v) is 2.76. The molecule has 1 aromatic heterocycles. The summed E-state index contributed by atoms with van der Waals surface area (Å²) in [7, 11) is 1.62. The lowest BCUT2D eigenvalue weighted by Crippen LogP contribution is -2.12. The van der Waals surface area contributed by atoms with Crippen molar-refractivity contribution in [1.29, 1.82) is 0 Å². The van der Waals surface area contributed by atoms with E-state index in [2.05, 4.69) is 23.4 Å². The Balaban J connectivity index is 2.14. The minimum absolute atomic E-state index is 0.211. The highest BCUT2D eigenvalue weighted by Crippen LogP contribution is 2.29. The van der Waals surface area contributed by atoms with Crippen molar-refractivity contribution in [2.24, 2.45) is 0 Å². The van der Waals surface area contributed by atoms with Gasteiger partial charge in [0.25, 0.3) is 0 Å². The van der Waals surface area contributed by atoms with Gasteiger partial charge in [-0.1, -0.05) is 24.3 Å². The van der Waals surface area contributed by atoms with E-state index in [1.54, 1.807) is 7.11 Å². The molecule has 0 bridgehead atoms. The van der Waals surface area contributed by atoms with Gasteiger partial charge in [-0.15, -0.1) is 0 Å². The second-order valence-corrected chi connectivity index (χ2v) is 5.60. The zero-order valence-corrected chi connectivity index (χ0v) is 13.0. The minimum Gasteiger partial charge on any atom is -0.497 e. The first-order chi connectivity index (χ1) is 10.6. The van der Waals surface area contributed by atoms with Crippen molar-refractivity contribution in [3.8, 4) is 5.75 Å². The standard InChI is InChI=1S/C18H20N2O2/c1-12(2)20-16-10-5-4-9-15(16)19-18(20)17(21)13-7-6-8-14(11-13)22-3/h4-12,17,21H,1-3H3/t17-/m1/s1. The van der Waals surface area contributed by atoms with Crippen molar-refractivity contribution in [1.82, 2.24) is 9.55 Å². The van der Waals surface area contributed by atoms with E-state index in [0.29, 0.717) is 5.82 Å². The Hall–Kier alpha value is -2.33. The van der Waals surface area contributed by atoms with E-state index in [4.69, 9.17) is 4.74 Å². The van der Waals surface area contributed by atoms with E-state index in [1.165, 1.54) is 0 Å². The van der Waals surface area contributed by atoms with Crippen molar-refractivity contribution in [3.05, 3.63) is 59.9 Å². The first-order valence-electron chi connectivity index (χ1n) is 7.40. The number of benzene rings is 2. The van der Waals surface area contributed by atoms with Crippen LogP contribution in [-0.2, 0) is 0 Å². The molecule has 0 radical (unpaired) electrons. The summed E-state index contributed by atoms with van der Waals surface area (Å²) in [6.07, 6.45) is -0.787. The summed E-state index contributed by atoms with van der Waals surface area (Å²) in [4.78, 5) is 4.64. The number of imidazole rings is 1. The van der Waals surface area contributed by atoms with Crippen molar-refractivity contribution >= 4 is 11.0 Å². The molecule has 22 heavy (non-hydrogen) atoms. The van der Waals surface area contributed by atoms with Gasteiger partial charge in [-0.3, -0.25) is 0 Å². The number of rotatable bonds is 4. The van der Waals surface area contributed by atoms with Gasteiger partial charge in [0.05, 0.1) is 18.1 Å². The predicted octanol–water partition coefficient (Wildman–Crippen LogP) is 3.71. The zero-order valence-electron chi connectivity index (χ0n) is 13.0. The van der Waals surface area contributed by atoms with Gasteiger partial charge in [-0.05, 0) is 43.7 Å².